The van der Waals surface area contributed by atoms with Gasteiger partial charge in [0.25, 0.3) is 5.56 Å². The Balaban J connectivity index is 1.59. The SMILES string of the molecule is [2H]c1nc(Nc2ncc3c(C)c(C(C)=O)c(=O)n(C4CCCC4)c3n2)c([2H])c([2H])c1N1CCNCC1. The fourth-order valence-electron chi connectivity index (χ4n) is 4.80. The number of carbonyl (C=O) groups excluding carboxylic acids is 1. The molecule has 0 radical (unpaired) electrons. The van der Waals surface area contributed by atoms with E-state index in [9.17, 15) is 9.59 Å². The molecule has 9 nitrogen and oxygen atoms in total. The average molecular weight is 451 g/mol. The van der Waals surface area contributed by atoms with E-state index in [1.54, 1.807) is 17.7 Å². The molecule has 33 heavy (non-hydrogen) atoms. The quantitative estimate of drug-likeness (QED) is 0.572. The number of hydrogen-bond acceptors (Lipinski definition) is 8. The fraction of sp³-hybridized carbons (Fsp3) is 0.458. The van der Waals surface area contributed by atoms with Crippen LogP contribution in [-0.4, -0.2) is 51.5 Å². The second kappa shape index (κ2) is 8.90. The van der Waals surface area contributed by atoms with Crippen LogP contribution in [0.3, 0.4) is 0 Å². The molecule has 9 heteroatoms. The largest absolute Gasteiger partial charge is 0.368 e. The number of fused-ring (bicyclic) bond motifs is 1. The van der Waals surface area contributed by atoms with Gasteiger partial charge in [0.15, 0.2) is 5.78 Å². The molecule has 1 aliphatic heterocycles. The van der Waals surface area contributed by atoms with Gasteiger partial charge in [-0.2, -0.15) is 4.98 Å². The average Bonchev–Trinajstić information content (AvgIpc) is 3.37. The number of nitrogens with one attached hydrogen (secondary N) is 2. The third kappa shape index (κ3) is 4.08. The molecule has 1 saturated heterocycles. The topological polar surface area (TPSA) is 105 Å². The minimum Gasteiger partial charge on any atom is -0.368 e. The smallest absolute Gasteiger partial charge is 0.263 e. The normalized spacial score (nSPS) is 18.2. The zero-order valence-electron chi connectivity index (χ0n) is 21.9. The van der Waals surface area contributed by atoms with Crippen LogP contribution in [0.5, 0.6) is 0 Å². The second-order valence-corrected chi connectivity index (χ2v) is 8.63. The van der Waals surface area contributed by atoms with Gasteiger partial charge in [0.05, 0.1) is 21.5 Å². The number of carbonyl (C=O) groups is 1. The van der Waals surface area contributed by atoms with Gasteiger partial charge in [0.1, 0.15) is 11.5 Å². The molecular formula is C24H29N7O2. The van der Waals surface area contributed by atoms with Crippen molar-refractivity contribution in [3.8, 4) is 0 Å². The van der Waals surface area contributed by atoms with Crippen LogP contribution in [-0.2, 0) is 0 Å². The van der Waals surface area contributed by atoms with Crippen molar-refractivity contribution in [1.29, 1.82) is 0 Å². The van der Waals surface area contributed by atoms with E-state index in [-0.39, 0.29) is 53.0 Å². The summed E-state index contributed by atoms with van der Waals surface area (Å²) in [4.78, 5) is 40.8. The first kappa shape index (κ1) is 18.1. The Bertz CT molecular complexity index is 1410. The third-order valence-electron chi connectivity index (χ3n) is 6.49. The summed E-state index contributed by atoms with van der Waals surface area (Å²) in [5, 5.41) is 6.75. The Morgan fingerprint density at radius 3 is 2.70 bits per heavy atom. The van der Waals surface area contributed by atoms with Gasteiger partial charge in [-0.25, -0.2) is 9.97 Å². The van der Waals surface area contributed by atoms with Gasteiger partial charge in [0, 0.05) is 43.8 Å². The number of piperazine rings is 1. The van der Waals surface area contributed by atoms with E-state index in [1.165, 1.54) is 6.92 Å². The highest BCUT2D eigenvalue weighted by molar-refractivity contribution is 5.99. The first-order valence-corrected chi connectivity index (χ1v) is 11.4. The molecule has 0 spiro atoms. The number of Topliss-reactive ketones (excluding diaryl/α,β-unsaturated/α-hetero) is 1. The van der Waals surface area contributed by atoms with Crippen LogP contribution < -0.4 is 21.1 Å². The minimum absolute atomic E-state index is 0.00933. The lowest BCUT2D eigenvalue weighted by Crippen LogP contribution is -2.43. The van der Waals surface area contributed by atoms with Crippen LogP contribution in [0.2, 0.25) is 0 Å². The molecule has 3 aromatic rings. The highest BCUT2D eigenvalue weighted by Crippen LogP contribution is 2.32. The summed E-state index contributed by atoms with van der Waals surface area (Å²) >= 11 is 0. The van der Waals surface area contributed by atoms with E-state index in [4.69, 9.17) is 4.11 Å². The number of pyridine rings is 2. The lowest BCUT2D eigenvalue weighted by Gasteiger charge is -2.29. The maximum Gasteiger partial charge on any atom is 0.263 e. The zero-order chi connectivity index (χ0) is 25.6. The molecule has 0 aromatic carbocycles. The highest BCUT2D eigenvalue weighted by Gasteiger charge is 2.25. The Labute approximate surface area is 196 Å². The summed E-state index contributed by atoms with van der Waals surface area (Å²) in [5.74, 6) is -0.166. The molecule has 0 amide bonds. The van der Waals surface area contributed by atoms with Crippen LogP contribution >= 0.6 is 0 Å². The third-order valence-corrected chi connectivity index (χ3v) is 6.49. The number of aryl methyl sites for hydroxylation is 1. The van der Waals surface area contributed by atoms with Crippen molar-refractivity contribution in [2.24, 2.45) is 0 Å². The standard InChI is InChI=1S/C24H29N7O2/c1-15-19-14-27-24(28-20-8-7-18(13-26-20)30-11-9-25-10-12-30)29-22(19)31(17-5-3-4-6-17)23(33)21(15)16(2)32/h7-8,13-14,17,25H,3-6,9-12H2,1-2H3,(H,26,27,28,29)/i7D,8D,13D. The van der Waals surface area contributed by atoms with Crippen molar-refractivity contribution in [1.82, 2.24) is 24.8 Å². The van der Waals surface area contributed by atoms with E-state index in [0.29, 0.717) is 35.4 Å². The van der Waals surface area contributed by atoms with Crippen LogP contribution in [0, 0.1) is 6.92 Å². The van der Waals surface area contributed by atoms with Gasteiger partial charge < -0.3 is 15.5 Å². The van der Waals surface area contributed by atoms with E-state index < -0.39 is 0 Å². The van der Waals surface area contributed by atoms with E-state index in [2.05, 4.69) is 25.6 Å². The van der Waals surface area contributed by atoms with E-state index >= 15 is 0 Å². The molecule has 2 fully saturated rings. The van der Waals surface area contributed by atoms with Crippen molar-refractivity contribution in [2.45, 2.75) is 45.6 Å². The summed E-state index contributed by atoms with van der Waals surface area (Å²) in [7, 11) is 0. The van der Waals surface area contributed by atoms with E-state index in [1.807, 2.05) is 4.90 Å². The Morgan fingerprint density at radius 1 is 1.21 bits per heavy atom. The molecule has 2 aliphatic rings. The predicted octanol–water partition coefficient (Wildman–Crippen LogP) is 2.97. The monoisotopic (exact) mass is 450 g/mol. The van der Waals surface area contributed by atoms with Gasteiger partial charge in [-0.3, -0.25) is 14.2 Å². The summed E-state index contributed by atoms with van der Waals surface area (Å²) in [5.41, 5.74) is 1.13. The Morgan fingerprint density at radius 2 is 1.97 bits per heavy atom. The fourth-order valence-corrected chi connectivity index (χ4v) is 4.80. The molecule has 3 aromatic heterocycles. The van der Waals surface area contributed by atoms with Crippen molar-refractivity contribution in [2.75, 3.05) is 36.4 Å². The molecule has 4 heterocycles. The van der Waals surface area contributed by atoms with Gasteiger partial charge in [-0.05, 0) is 44.3 Å². The van der Waals surface area contributed by atoms with Crippen LogP contribution in [0.25, 0.3) is 11.0 Å². The second-order valence-electron chi connectivity index (χ2n) is 8.63. The minimum atomic E-state index is -0.342. The lowest BCUT2D eigenvalue weighted by atomic mass is 10.0. The van der Waals surface area contributed by atoms with Gasteiger partial charge in [-0.1, -0.05) is 12.8 Å². The Kier molecular flexibility index (Phi) is 4.89. The summed E-state index contributed by atoms with van der Waals surface area (Å²) in [6, 6.07) is -0.283. The first-order valence-electron chi connectivity index (χ1n) is 12.9. The highest BCUT2D eigenvalue weighted by atomic mass is 16.1. The molecule has 172 valence electrons. The zero-order valence-corrected chi connectivity index (χ0v) is 18.9. The molecule has 1 saturated carbocycles. The number of anilines is 3. The number of rotatable bonds is 5. The predicted molar refractivity (Wildman–Crippen MR) is 129 cm³/mol. The van der Waals surface area contributed by atoms with Crippen LogP contribution in [0.4, 0.5) is 17.5 Å². The molecule has 1 aliphatic carbocycles. The molecular weight excluding hydrogens is 418 g/mol. The first-order chi connectivity index (χ1) is 17.3. The molecule has 0 unspecified atom stereocenters. The maximum atomic E-state index is 13.4. The van der Waals surface area contributed by atoms with Crippen LogP contribution in [0.15, 0.2) is 29.2 Å². The summed E-state index contributed by atoms with van der Waals surface area (Å²) in [6.45, 7) is 5.88. The van der Waals surface area contributed by atoms with Gasteiger partial charge in [-0.15, -0.1) is 0 Å². The summed E-state index contributed by atoms with van der Waals surface area (Å²) < 4.78 is 27.0. The number of nitrogens with zero attached hydrogens (tertiary/aromatic N) is 5. The molecule has 5 rings (SSSR count). The van der Waals surface area contributed by atoms with Crippen molar-refractivity contribution in [3.05, 3.63) is 45.9 Å². The van der Waals surface area contributed by atoms with E-state index in [0.717, 1.165) is 38.8 Å². The van der Waals surface area contributed by atoms with Gasteiger partial charge in [0.2, 0.25) is 5.95 Å². The van der Waals surface area contributed by atoms with Crippen molar-refractivity contribution >= 4 is 34.3 Å². The molecule has 0 bridgehead atoms. The number of hydrogen-bond donors (Lipinski definition) is 2. The van der Waals surface area contributed by atoms with Crippen LogP contribution in [0.1, 0.15) is 58.7 Å². The number of ketones is 1. The van der Waals surface area contributed by atoms with Gasteiger partial charge >= 0.3 is 0 Å². The molecule has 2 N–H and O–H groups in total. The van der Waals surface area contributed by atoms with Crippen molar-refractivity contribution in [3.63, 3.8) is 0 Å². The summed E-state index contributed by atoms with van der Waals surface area (Å²) in [6.07, 6.45) is 5.15. The Hall–Kier alpha value is -3.33. The number of aromatic nitrogens is 4. The maximum absolute atomic E-state index is 13.4. The van der Waals surface area contributed by atoms with Crippen molar-refractivity contribution < 1.29 is 8.91 Å². The lowest BCUT2D eigenvalue weighted by molar-refractivity contribution is 0.101. The molecule has 0 atom stereocenters.